The number of piperidine rings is 1. The summed E-state index contributed by atoms with van der Waals surface area (Å²) in [4.78, 5) is 37.5. The van der Waals surface area contributed by atoms with E-state index in [-0.39, 0.29) is 28.8 Å². The molecule has 158 valence electrons. The Morgan fingerprint density at radius 3 is 2.55 bits per heavy atom. The minimum Gasteiger partial charge on any atom is -0.342 e. The molecule has 0 spiro atoms. The Balaban J connectivity index is 1.36. The van der Waals surface area contributed by atoms with Gasteiger partial charge in [0.05, 0.1) is 11.9 Å². The molecule has 0 radical (unpaired) electrons. The first-order valence-corrected chi connectivity index (χ1v) is 10.2. The van der Waals surface area contributed by atoms with Gasteiger partial charge in [0.1, 0.15) is 0 Å². The van der Waals surface area contributed by atoms with Gasteiger partial charge in [0, 0.05) is 68.5 Å². The lowest BCUT2D eigenvalue weighted by atomic mass is 10.2. The number of pyridine rings is 1. The van der Waals surface area contributed by atoms with E-state index in [2.05, 4.69) is 9.97 Å². The molecule has 3 aromatic rings. The summed E-state index contributed by atoms with van der Waals surface area (Å²) in [5, 5.41) is 0. The van der Waals surface area contributed by atoms with Crippen LogP contribution in [-0.2, 0) is 7.05 Å². The Bertz CT molecular complexity index is 1200. The molecule has 1 saturated heterocycles. The number of aromatic nitrogens is 3. The molecule has 1 amide bonds. The molecule has 2 aliphatic rings. The summed E-state index contributed by atoms with van der Waals surface area (Å²) < 4.78 is 15.7. The highest BCUT2D eigenvalue weighted by Crippen LogP contribution is 2.49. The monoisotopic (exact) mass is 419 g/mol. The second kappa shape index (κ2) is 7.30. The van der Waals surface area contributed by atoms with E-state index in [0.717, 1.165) is 6.20 Å². The van der Waals surface area contributed by atoms with Crippen LogP contribution in [0.15, 0.2) is 59.7 Å². The van der Waals surface area contributed by atoms with Gasteiger partial charge in [0.15, 0.2) is 5.82 Å². The highest BCUT2D eigenvalue weighted by Gasteiger charge is 2.59. The van der Waals surface area contributed by atoms with Crippen molar-refractivity contribution in [2.24, 2.45) is 18.9 Å². The van der Waals surface area contributed by atoms with Crippen LogP contribution in [0.4, 0.5) is 10.3 Å². The molecule has 3 atom stereocenters. The maximum atomic E-state index is 14.2. The quantitative estimate of drug-likeness (QED) is 0.648. The number of hydrogen-bond acceptors (Lipinski definition) is 5. The van der Waals surface area contributed by atoms with E-state index in [1.54, 1.807) is 7.05 Å². The molecule has 1 aliphatic heterocycles. The fraction of sp³-hybridized carbons (Fsp3) is 0.304. The van der Waals surface area contributed by atoms with Crippen molar-refractivity contribution in [1.82, 2.24) is 19.4 Å². The standard InChI is InChI=1S/C23H22FN5O2/c1-27-20(30)10-19(15-8-9-25-11-18(15)24)26-23(27)28(2)21-16-12-29(13-17(16)21)22(31)14-6-4-3-5-7-14/h3-11,16-17,21H,12-13H2,1-2H3/t16-,17+,21-. The second-order valence-electron chi connectivity index (χ2n) is 8.20. The number of carbonyl (C=O) groups excluding carboxylic acids is 1. The number of carbonyl (C=O) groups is 1. The zero-order valence-corrected chi connectivity index (χ0v) is 17.3. The van der Waals surface area contributed by atoms with Crippen LogP contribution in [0.2, 0.25) is 0 Å². The van der Waals surface area contributed by atoms with Gasteiger partial charge in [-0.05, 0) is 18.2 Å². The first-order valence-electron chi connectivity index (χ1n) is 10.2. The summed E-state index contributed by atoms with van der Waals surface area (Å²) in [6, 6.07) is 12.3. The SMILES string of the molecule is CN(c1nc(-c2ccncc2F)cc(=O)n1C)[C@@H]1[C@@H]2CN(C(=O)c3ccccc3)C[C@@H]21. The molecule has 0 N–H and O–H groups in total. The first kappa shape index (κ1) is 19.4. The smallest absolute Gasteiger partial charge is 0.255 e. The number of amides is 1. The molecule has 2 aromatic heterocycles. The lowest BCUT2D eigenvalue weighted by molar-refractivity contribution is 0.0772. The van der Waals surface area contributed by atoms with E-state index in [1.165, 1.54) is 22.9 Å². The normalized spacial score (nSPS) is 21.6. The number of fused-ring (bicyclic) bond motifs is 1. The molecule has 7 nitrogen and oxygen atoms in total. The van der Waals surface area contributed by atoms with Crippen LogP contribution in [0.3, 0.4) is 0 Å². The summed E-state index contributed by atoms with van der Waals surface area (Å²) in [5.41, 5.74) is 0.981. The zero-order valence-electron chi connectivity index (χ0n) is 17.3. The first-order chi connectivity index (χ1) is 15.0. The van der Waals surface area contributed by atoms with Gasteiger partial charge in [-0.3, -0.25) is 19.1 Å². The van der Waals surface area contributed by atoms with Crippen molar-refractivity contribution in [2.75, 3.05) is 25.0 Å². The van der Waals surface area contributed by atoms with Gasteiger partial charge < -0.3 is 9.80 Å². The number of nitrogens with zero attached hydrogens (tertiary/aromatic N) is 5. The molecular weight excluding hydrogens is 397 g/mol. The molecule has 5 rings (SSSR count). The van der Waals surface area contributed by atoms with Crippen molar-refractivity contribution < 1.29 is 9.18 Å². The van der Waals surface area contributed by atoms with Gasteiger partial charge in [-0.2, -0.15) is 0 Å². The summed E-state index contributed by atoms with van der Waals surface area (Å²) in [7, 11) is 3.57. The average Bonchev–Trinajstić information content (AvgIpc) is 3.28. The summed E-state index contributed by atoms with van der Waals surface area (Å²) in [6.45, 7) is 1.36. The third kappa shape index (κ3) is 3.28. The maximum absolute atomic E-state index is 14.2. The second-order valence-corrected chi connectivity index (χ2v) is 8.20. The number of anilines is 1. The van der Waals surface area contributed by atoms with Gasteiger partial charge in [0.2, 0.25) is 5.95 Å². The zero-order chi connectivity index (χ0) is 21.7. The summed E-state index contributed by atoms with van der Waals surface area (Å²) in [6.07, 6.45) is 2.59. The van der Waals surface area contributed by atoms with Crippen LogP contribution >= 0.6 is 0 Å². The molecule has 0 bridgehead atoms. The fourth-order valence-corrected chi connectivity index (χ4v) is 4.70. The molecule has 0 unspecified atom stereocenters. The van der Waals surface area contributed by atoms with E-state index in [1.807, 2.05) is 47.2 Å². The Kier molecular flexibility index (Phi) is 4.57. The highest BCUT2D eigenvalue weighted by atomic mass is 19.1. The molecular formula is C23H22FN5O2. The molecule has 31 heavy (non-hydrogen) atoms. The number of hydrogen-bond donors (Lipinski definition) is 0. The molecule has 3 heterocycles. The average molecular weight is 419 g/mol. The Hall–Kier alpha value is -3.55. The van der Waals surface area contributed by atoms with E-state index in [0.29, 0.717) is 36.4 Å². The fourth-order valence-electron chi connectivity index (χ4n) is 4.70. The van der Waals surface area contributed by atoms with Gasteiger partial charge in [-0.25, -0.2) is 9.37 Å². The van der Waals surface area contributed by atoms with Crippen molar-refractivity contribution in [3.8, 4) is 11.3 Å². The number of likely N-dealkylation sites (tertiary alicyclic amines) is 1. The highest BCUT2D eigenvalue weighted by molar-refractivity contribution is 5.94. The van der Waals surface area contributed by atoms with Crippen LogP contribution in [0.5, 0.6) is 0 Å². The minimum atomic E-state index is -0.518. The summed E-state index contributed by atoms with van der Waals surface area (Å²) in [5.74, 6) is 0.677. The van der Waals surface area contributed by atoms with Crippen LogP contribution in [0.25, 0.3) is 11.3 Å². The number of rotatable bonds is 4. The van der Waals surface area contributed by atoms with Gasteiger partial charge in [0.25, 0.3) is 11.5 Å². The van der Waals surface area contributed by atoms with Crippen LogP contribution in [0.1, 0.15) is 10.4 Å². The van der Waals surface area contributed by atoms with Gasteiger partial charge in [-0.1, -0.05) is 18.2 Å². The maximum Gasteiger partial charge on any atom is 0.255 e. The largest absolute Gasteiger partial charge is 0.342 e. The van der Waals surface area contributed by atoms with E-state index in [4.69, 9.17) is 0 Å². The van der Waals surface area contributed by atoms with Crippen LogP contribution in [0, 0.1) is 17.7 Å². The topological polar surface area (TPSA) is 71.3 Å². The Labute approximate surface area is 178 Å². The molecule has 1 aliphatic carbocycles. The third-order valence-corrected chi connectivity index (χ3v) is 6.38. The molecule has 8 heteroatoms. The lowest BCUT2D eigenvalue weighted by Gasteiger charge is -2.26. The number of benzene rings is 1. The molecule has 1 saturated carbocycles. The van der Waals surface area contributed by atoms with Gasteiger partial charge in [-0.15, -0.1) is 0 Å². The van der Waals surface area contributed by atoms with Crippen molar-refractivity contribution in [3.63, 3.8) is 0 Å². The lowest BCUT2D eigenvalue weighted by Crippen LogP contribution is -2.38. The van der Waals surface area contributed by atoms with E-state index >= 15 is 0 Å². The van der Waals surface area contributed by atoms with Crippen molar-refractivity contribution in [2.45, 2.75) is 6.04 Å². The van der Waals surface area contributed by atoms with Gasteiger partial charge >= 0.3 is 0 Å². The Morgan fingerprint density at radius 2 is 1.87 bits per heavy atom. The molecule has 2 fully saturated rings. The van der Waals surface area contributed by atoms with Crippen LogP contribution < -0.4 is 10.5 Å². The minimum absolute atomic E-state index is 0.0508. The summed E-state index contributed by atoms with van der Waals surface area (Å²) >= 11 is 0. The number of halogens is 1. The van der Waals surface area contributed by atoms with E-state index in [9.17, 15) is 14.0 Å². The van der Waals surface area contributed by atoms with E-state index < -0.39 is 5.82 Å². The van der Waals surface area contributed by atoms with Crippen molar-refractivity contribution in [1.29, 1.82) is 0 Å². The predicted molar refractivity (Wildman–Crippen MR) is 114 cm³/mol. The van der Waals surface area contributed by atoms with Crippen molar-refractivity contribution in [3.05, 3.63) is 76.6 Å². The molecule has 1 aromatic carbocycles. The Morgan fingerprint density at radius 1 is 1.16 bits per heavy atom. The third-order valence-electron chi connectivity index (χ3n) is 6.38. The predicted octanol–water partition coefficient (Wildman–Crippen LogP) is 2.19. The van der Waals surface area contributed by atoms with Crippen LogP contribution in [-0.4, -0.2) is 51.5 Å². The van der Waals surface area contributed by atoms with Crippen molar-refractivity contribution >= 4 is 11.9 Å².